The van der Waals surface area contributed by atoms with Gasteiger partial charge in [0, 0.05) is 11.4 Å². The fraction of sp³-hybridized carbons (Fsp3) is 0.250. The van der Waals surface area contributed by atoms with E-state index in [1.807, 2.05) is 55.9 Å². The summed E-state index contributed by atoms with van der Waals surface area (Å²) in [5, 5.41) is 4.99. The zero-order chi connectivity index (χ0) is 18.4. The van der Waals surface area contributed by atoms with Crippen molar-refractivity contribution in [3.8, 4) is 5.75 Å². The number of rotatable bonds is 8. The van der Waals surface area contributed by atoms with E-state index in [2.05, 4.69) is 16.3 Å². The number of ether oxygens (including phenoxy) is 1. The minimum absolute atomic E-state index is 0.134. The van der Waals surface area contributed by atoms with E-state index in [-0.39, 0.29) is 18.6 Å². The van der Waals surface area contributed by atoms with Crippen LogP contribution >= 0.6 is 11.3 Å². The van der Waals surface area contributed by atoms with Gasteiger partial charge in [-0.05, 0) is 49.8 Å². The van der Waals surface area contributed by atoms with Crippen LogP contribution in [0, 0.1) is 0 Å². The maximum absolute atomic E-state index is 12.4. The standard InChI is InChI=1S/C20H22N2O3S/c1-22(2)17(19-9-6-12-26-19)13-21-20(23)18-11-10-16(25-18)14-24-15-7-4-3-5-8-15/h3-12,17H,13-14H2,1-2H3,(H,21,23)/t17-/m1/s1. The summed E-state index contributed by atoms with van der Waals surface area (Å²) >= 11 is 1.68. The fourth-order valence-electron chi connectivity index (χ4n) is 2.54. The van der Waals surface area contributed by atoms with E-state index in [0.717, 1.165) is 5.75 Å². The molecule has 136 valence electrons. The van der Waals surface area contributed by atoms with Crippen LogP contribution in [0.3, 0.4) is 0 Å². The lowest BCUT2D eigenvalue weighted by molar-refractivity contribution is 0.0910. The average Bonchev–Trinajstić information content (AvgIpc) is 3.33. The molecule has 2 aromatic heterocycles. The number of nitrogens with zero attached hydrogens (tertiary/aromatic N) is 1. The van der Waals surface area contributed by atoms with E-state index in [1.54, 1.807) is 23.5 Å². The third kappa shape index (κ3) is 4.74. The molecule has 5 nitrogen and oxygen atoms in total. The van der Waals surface area contributed by atoms with Gasteiger partial charge in [0.25, 0.3) is 5.91 Å². The highest BCUT2D eigenvalue weighted by molar-refractivity contribution is 7.10. The Bertz CT molecular complexity index is 813. The van der Waals surface area contributed by atoms with Crippen LogP contribution in [-0.2, 0) is 6.61 Å². The smallest absolute Gasteiger partial charge is 0.287 e. The molecule has 3 aromatic rings. The Balaban J connectivity index is 1.54. The lowest BCUT2D eigenvalue weighted by Gasteiger charge is -2.23. The molecule has 0 unspecified atom stereocenters. The minimum Gasteiger partial charge on any atom is -0.486 e. The average molecular weight is 370 g/mol. The molecule has 0 saturated carbocycles. The van der Waals surface area contributed by atoms with Crippen LogP contribution in [0.15, 0.2) is 64.4 Å². The summed E-state index contributed by atoms with van der Waals surface area (Å²) in [7, 11) is 4.00. The Morgan fingerprint density at radius 2 is 1.96 bits per heavy atom. The van der Waals surface area contributed by atoms with Crippen molar-refractivity contribution >= 4 is 17.2 Å². The molecular formula is C20H22N2O3S. The maximum atomic E-state index is 12.4. The van der Waals surface area contributed by atoms with Gasteiger partial charge in [0.1, 0.15) is 18.1 Å². The maximum Gasteiger partial charge on any atom is 0.287 e. The molecule has 0 radical (unpaired) electrons. The van der Waals surface area contributed by atoms with Gasteiger partial charge in [-0.3, -0.25) is 4.79 Å². The largest absolute Gasteiger partial charge is 0.486 e. The second-order valence-electron chi connectivity index (χ2n) is 6.07. The van der Waals surface area contributed by atoms with Gasteiger partial charge in [-0.25, -0.2) is 0 Å². The number of furan rings is 1. The van der Waals surface area contributed by atoms with Gasteiger partial charge >= 0.3 is 0 Å². The summed E-state index contributed by atoms with van der Waals surface area (Å²) in [4.78, 5) is 15.7. The molecule has 0 fully saturated rings. The Morgan fingerprint density at radius 3 is 2.65 bits per heavy atom. The summed E-state index contributed by atoms with van der Waals surface area (Å²) < 4.78 is 11.2. The molecule has 1 aromatic carbocycles. The third-order valence-corrected chi connectivity index (χ3v) is 4.93. The van der Waals surface area contributed by atoms with E-state index in [9.17, 15) is 4.79 Å². The Kier molecular flexibility index (Phi) is 6.09. The van der Waals surface area contributed by atoms with Crippen LogP contribution in [0.5, 0.6) is 5.75 Å². The number of amides is 1. The van der Waals surface area contributed by atoms with Gasteiger partial charge in [0.15, 0.2) is 5.76 Å². The molecule has 1 atom stereocenters. The Labute approximate surface area is 157 Å². The minimum atomic E-state index is -0.223. The van der Waals surface area contributed by atoms with Crippen molar-refractivity contribution in [1.82, 2.24) is 10.2 Å². The molecule has 0 saturated heterocycles. The first-order chi connectivity index (χ1) is 12.6. The quantitative estimate of drug-likeness (QED) is 0.652. The zero-order valence-electron chi connectivity index (χ0n) is 14.8. The van der Waals surface area contributed by atoms with Crippen LogP contribution in [0.2, 0.25) is 0 Å². The van der Waals surface area contributed by atoms with Gasteiger partial charge in [-0.2, -0.15) is 0 Å². The van der Waals surface area contributed by atoms with Crippen LogP contribution in [0.25, 0.3) is 0 Å². The van der Waals surface area contributed by atoms with E-state index in [1.165, 1.54) is 4.88 Å². The number of likely N-dealkylation sites (N-methyl/N-ethyl adjacent to an activating group) is 1. The number of benzene rings is 1. The molecule has 26 heavy (non-hydrogen) atoms. The van der Waals surface area contributed by atoms with Crippen molar-refractivity contribution in [2.75, 3.05) is 20.6 Å². The first-order valence-corrected chi connectivity index (χ1v) is 9.26. The first kappa shape index (κ1) is 18.2. The van der Waals surface area contributed by atoms with Gasteiger partial charge in [0.05, 0.1) is 6.04 Å². The van der Waals surface area contributed by atoms with Crippen molar-refractivity contribution in [1.29, 1.82) is 0 Å². The van der Waals surface area contributed by atoms with Crippen LogP contribution in [0.4, 0.5) is 0 Å². The number of thiophene rings is 1. The highest BCUT2D eigenvalue weighted by atomic mass is 32.1. The lowest BCUT2D eigenvalue weighted by Crippen LogP contribution is -2.34. The predicted octanol–water partition coefficient (Wildman–Crippen LogP) is 3.95. The lowest BCUT2D eigenvalue weighted by atomic mass is 10.2. The Morgan fingerprint density at radius 1 is 1.15 bits per heavy atom. The molecule has 2 heterocycles. The van der Waals surface area contributed by atoms with E-state index >= 15 is 0 Å². The number of hydrogen-bond acceptors (Lipinski definition) is 5. The summed E-state index contributed by atoms with van der Waals surface area (Å²) in [5.41, 5.74) is 0. The van der Waals surface area contributed by atoms with E-state index in [0.29, 0.717) is 18.1 Å². The molecule has 0 aliphatic heterocycles. The third-order valence-electron chi connectivity index (χ3n) is 3.96. The van der Waals surface area contributed by atoms with Crippen LogP contribution in [-0.4, -0.2) is 31.4 Å². The molecule has 0 spiro atoms. The van der Waals surface area contributed by atoms with Crippen molar-refractivity contribution in [3.63, 3.8) is 0 Å². The zero-order valence-corrected chi connectivity index (χ0v) is 15.7. The van der Waals surface area contributed by atoms with Crippen molar-refractivity contribution in [2.45, 2.75) is 12.6 Å². The van der Waals surface area contributed by atoms with Gasteiger partial charge < -0.3 is 19.4 Å². The van der Waals surface area contributed by atoms with E-state index < -0.39 is 0 Å². The molecule has 0 aliphatic carbocycles. The van der Waals surface area contributed by atoms with Crippen molar-refractivity contribution < 1.29 is 13.9 Å². The van der Waals surface area contributed by atoms with Gasteiger partial charge in [-0.1, -0.05) is 24.3 Å². The monoisotopic (exact) mass is 370 g/mol. The summed E-state index contributed by atoms with van der Waals surface area (Å²) in [6.07, 6.45) is 0. The molecule has 0 bridgehead atoms. The van der Waals surface area contributed by atoms with Crippen molar-refractivity contribution in [2.24, 2.45) is 0 Å². The molecule has 0 aliphatic rings. The van der Waals surface area contributed by atoms with Crippen molar-refractivity contribution in [3.05, 3.63) is 76.4 Å². The number of hydrogen-bond donors (Lipinski definition) is 1. The second kappa shape index (κ2) is 8.69. The number of carbonyl (C=O) groups is 1. The van der Waals surface area contributed by atoms with Crippen LogP contribution in [0.1, 0.15) is 27.2 Å². The van der Waals surface area contributed by atoms with Crippen LogP contribution < -0.4 is 10.1 Å². The molecule has 1 amide bonds. The molecule has 1 N–H and O–H groups in total. The normalized spacial score (nSPS) is 12.1. The predicted molar refractivity (Wildman–Crippen MR) is 103 cm³/mol. The highest BCUT2D eigenvalue weighted by Gasteiger charge is 2.18. The number of carbonyl (C=O) groups excluding carboxylic acids is 1. The number of para-hydroxylation sites is 1. The van der Waals surface area contributed by atoms with Gasteiger partial charge in [-0.15, -0.1) is 11.3 Å². The summed E-state index contributed by atoms with van der Waals surface area (Å²) in [6.45, 7) is 0.801. The SMILES string of the molecule is CN(C)[C@H](CNC(=O)c1ccc(COc2ccccc2)o1)c1cccs1. The molecular weight excluding hydrogens is 348 g/mol. The summed E-state index contributed by atoms with van der Waals surface area (Å²) in [5.74, 6) is 1.45. The molecule has 6 heteroatoms. The molecule has 3 rings (SSSR count). The fourth-order valence-corrected chi connectivity index (χ4v) is 3.47. The van der Waals surface area contributed by atoms with Gasteiger partial charge in [0.2, 0.25) is 0 Å². The highest BCUT2D eigenvalue weighted by Crippen LogP contribution is 2.22. The second-order valence-corrected chi connectivity index (χ2v) is 7.05. The van der Waals surface area contributed by atoms with E-state index in [4.69, 9.17) is 9.15 Å². The summed E-state index contributed by atoms with van der Waals surface area (Å²) in [6, 6.07) is 17.2. The first-order valence-electron chi connectivity index (χ1n) is 8.38. The number of nitrogens with one attached hydrogen (secondary N) is 1. The topological polar surface area (TPSA) is 54.7 Å². The Hall–Kier alpha value is -2.57.